The Kier molecular flexibility index (Phi) is 10.4. The third-order valence-corrected chi connectivity index (χ3v) is 4.90. The lowest BCUT2D eigenvalue weighted by Crippen LogP contribution is -2.51. The molecule has 2 aromatic rings. The summed E-state index contributed by atoms with van der Waals surface area (Å²) in [5.41, 5.74) is 4.59. The molecule has 0 radical (unpaired) electrons. The highest BCUT2D eigenvalue weighted by Gasteiger charge is 2.25. The molecule has 0 aliphatic carbocycles. The van der Waals surface area contributed by atoms with Gasteiger partial charge in [0.15, 0.2) is 0 Å². The SMILES string of the molecule is CCCCCNCc1ccc(C#Cc2ccc(C(=O)NC(C(=O)NO)C(C)O)cc2)cc1. The van der Waals surface area contributed by atoms with E-state index in [4.69, 9.17) is 5.21 Å². The average molecular weight is 438 g/mol. The van der Waals surface area contributed by atoms with Gasteiger partial charge in [0, 0.05) is 23.2 Å². The lowest BCUT2D eigenvalue weighted by atomic mass is 10.1. The molecule has 0 aliphatic heterocycles. The first-order valence-corrected chi connectivity index (χ1v) is 10.8. The highest BCUT2D eigenvalue weighted by Crippen LogP contribution is 2.07. The van der Waals surface area contributed by atoms with Crippen molar-refractivity contribution in [2.24, 2.45) is 0 Å². The highest BCUT2D eigenvalue weighted by molar-refractivity contribution is 5.97. The Morgan fingerprint density at radius 1 is 0.969 bits per heavy atom. The Bertz CT molecular complexity index is 928. The molecule has 0 fully saturated rings. The van der Waals surface area contributed by atoms with Crippen molar-refractivity contribution in [3.05, 3.63) is 70.8 Å². The number of unbranched alkanes of at least 4 members (excludes halogenated alkanes) is 2. The molecule has 0 spiro atoms. The van der Waals surface area contributed by atoms with Crippen LogP contribution >= 0.6 is 0 Å². The summed E-state index contributed by atoms with van der Waals surface area (Å²) in [6.07, 6.45) is 2.49. The summed E-state index contributed by atoms with van der Waals surface area (Å²) in [5, 5.41) is 24.2. The minimum Gasteiger partial charge on any atom is -0.391 e. The number of aliphatic hydroxyl groups excluding tert-OH is 1. The number of amides is 2. The van der Waals surface area contributed by atoms with Gasteiger partial charge in [-0.15, -0.1) is 0 Å². The van der Waals surface area contributed by atoms with E-state index in [1.807, 2.05) is 12.1 Å². The van der Waals surface area contributed by atoms with E-state index in [1.165, 1.54) is 37.2 Å². The second kappa shape index (κ2) is 13.3. The Balaban J connectivity index is 1.93. The molecule has 0 bridgehead atoms. The van der Waals surface area contributed by atoms with Crippen LogP contribution in [0.15, 0.2) is 48.5 Å². The summed E-state index contributed by atoms with van der Waals surface area (Å²) in [6.45, 7) is 5.41. The zero-order valence-corrected chi connectivity index (χ0v) is 18.5. The number of benzene rings is 2. The molecule has 7 heteroatoms. The largest absolute Gasteiger partial charge is 0.391 e. The number of hydrogen-bond donors (Lipinski definition) is 5. The Morgan fingerprint density at radius 3 is 2.09 bits per heavy atom. The molecule has 170 valence electrons. The maximum Gasteiger partial charge on any atom is 0.268 e. The van der Waals surface area contributed by atoms with Gasteiger partial charge >= 0.3 is 0 Å². The van der Waals surface area contributed by atoms with Crippen molar-refractivity contribution in [2.45, 2.75) is 51.8 Å². The fourth-order valence-corrected chi connectivity index (χ4v) is 2.99. The van der Waals surface area contributed by atoms with Crippen molar-refractivity contribution in [2.75, 3.05) is 6.54 Å². The van der Waals surface area contributed by atoms with Crippen LogP contribution in [0.4, 0.5) is 0 Å². The first-order valence-electron chi connectivity index (χ1n) is 10.8. The van der Waals surface area contributed by atoms with Crippen molar-refractivity contribution in [1.82, 2.24) is 16.1 Å². The van der Waals surface area contributed by atoms with Crippen LogP contribution in [0.2, 0.25) is 0 Å². The Labute approximate surface area is 189 Å². The van der Waals surface area contributed by atoms with Gasteiger partial charge in [-0.1, -0.05) is 43.7 Å². The van der Waals surface area contributed by atoms with Crippen LogP contribution in [0.25, 0.3) is 0 Å². The average Bonchev–Trinajstić information content (AvgIpc) is 2.81. The van der Waals surface area contributed by atoms with E-state index in [0.717, 1.165) is 24.2 Å². The summed E-state index contributed by atoms with van der Waals surface area (Å²) in [6, 6.07) is 13.4. The second-order valence-corrected chi connectivity index (χ2v) is 7.58. The summed E-state index contributed by atoms with van der Waals surface area (Å²) >= 11 is 0. The predicted octanol–water partition coefficient (Wildman–Crippen LogP) is 2.35. The molecule has 2 rings (SSSR count). The van der Waals surface area contributed by atoms with Crippen molar-refractivity contribution in [3.63, 3.8) is 0 Å². The third kappa shape index (κ3) is 8.16. The molecule has 2 aromatic carbocycles. The third-order valence-electron chi connectivity index (χ3n) is 4.90. The smallest absolute Gasteiger partial charge is 0.268 e. The van der Waals surface area contributed by atoms with Crippen molar-refractivity contribution < 1.29 is 19.9 Å². The number of hydroxylamine groups is 1. The van der Waals surface area contributed by atoms with Crippen LogP contribution in [0.1, 0.15) is 60.2 Å². The lowest BCUT2D eigenvalue weighted by molar-refractivity contribution is -0.133. The lowest BCUT2D eigenvalue weighted by Gasteiger charge is -2.19. The number of carbonyl (C=O) groups is 2. The fourth-order valence-electron chi connectivity index (χ4n) is 2.99. The molecule has 5 N–H and O–H groups in total. The molecule has 0 saturated heterocycles. The van der Waals surface area contributed by atoms with Gasteiger partial charge in [-0.3, -0.25) is 14.8 Å². The maximum atomic E-state index is 12.3. The van der Waals surface area contributed by atoms with Gasteiger partial charge in [-0.05, 0) is 61.9 Å². The topological polar surface area (TPSA) is 111 Å². The zero-order valence-electron chi connectivity index (χ0n) is 18.5. The first-order chi connectivity index (χ1) is 15.4. The van der Waals surface area contributed by atoms with Crippen molar-refractivity contribution in [3.8, 4) is 11.8 Å². The monoisotopic (exact) mass is 437 g/mol. The number of rotatable bonds is 10. The van der Waals surface area contributed by atoms with Crippen molar-refractivity contribution >= 4 is 11.8 Å². The summed E-state index contributed by atoms with van der Waals surface area (Å²) < 4.78 is 0. The van der Waals surface area contributed by atoms with E-state index < -0.39 is 24.0 Å². The minimum absolute atomic E-state index is 0.308. The quantitative estimate of drug-likeness (QED) is 0.170. The van der Waals surface area contributed by atoms with E-state index in [-0.39, 0.29) is 0 Å². The molecule has 0 saturated carbocycles. The van der Waals surface area contributed by atoms with E-state index in [9.17, 15) is 14.7 Å². The van der Waals surface area contributed by atoms with Gasteiger partial charge in [0.25, 0.3) is 11.8 Å². The van der Waals surface area contributed by atoms with Gasteiger partial charge < -0.3 is 15.7 Å². The molecule has 2 atom stereocenters. The molecule has 0 aliphatic rings. The minimum atomic E-state index is -1.26. The van der Waals surface area contributed by atoms with Crippen LogP contribution < -0.4 is 16.1 Å². The predicted molar refractivity (Wildman–Crippen MR) is 123 cm³/mol. The van der Waals surface area contributed by atoms with Gasteiger partial charge in [0.2, 0.25) is 0 Å². The van der Waals surface area contributed by atoms with Crippen LogP contribution in [0, 0.1) is 11.8 Å². The molecule has 0 heterocycles. The fraction of sp³-hybridized carbons (Fsp3) is 0.360. The summed E-state index contributed by atoms with van der Waals surface area (Å²) in [7, 11) is 0. The summed E-state index contributed by atoms with van der Waals surface area (Å²) in [5.74, 6) is 4.73. The molecule has 32 heavy (non-hydrogen) atoms. The van der Waals surface area contributed by atoms with E-state index in [2.05, 4.69) is 41.5 Å². The number of hydrogen-bond acceptors (Lipinski definition) is 5. The standard InChI is InChI=1S/C25H31N3O4/c1-3-4-5-16-26-17-21-10-8-19(9-11-21)6-7-20-12-14-22(15-13-20)24(30)27-23(18(2)29)25(31)28-32/h8-15,18,23,26,29,32H,3-5,16-17H2,1-2H3,(H,27,30)(H,28,31). The second-order valence-electron chi connectivity index (χ2n) is 7.58. The molecular formula is C25H31N3O4. The number of carbonyl (C=O) groups excluding carboxylic acids is 2. The van der Waals surface area contributed by atoms with Crippen molar-refractivity contribution in [1.29, 1.82) is 0 Å². The molecule has 0 aromatic heterocycles. The number of aliphatic hydroxyl groups is 1. The molecular weight excluding hydrogens is 406 g/mol. The number of nitrogens with one attached hydrogen (secondary N) is 3. The van der Waals surface area contributed by atoms with Crippen LogP contribution in [-0.4, -0.2) is 40.8 Å². The van der Waals surface area contributed by atoms with Gasteiger partial charge in [0.1, 0.15) is 6.04 Å². The maximum absolute atomic E-state index is 12.3. The van der Waals surface area contributed by atoms with Crippen LogP contribution in [0.3, 0.4) is 0 Å². The van der Waals surface area contributed by atoms with Gasteiger partial charge in [0.05, 0.1) is 6.10 Å². The summed E-state index contributed by atoms with van der Waals surface area (Å²) in [4.78, 5) is 23.9. The first kappa shape index (κ1) is 25.1. The zero-order chi connectivity index (χ0) is 23.3. The Hall–Kier alpha value is -3.18. The van der Waals surface area contributed by atoms with Crippen LogP contribution in [-0.2, 0) is 11.3 Å². The normalized spacial score (nSPS) is 12.2. The van der Waals surface area contributed by atoms with Crippen LogP contribution in [0.5, 0.6) is 0 Å². The molecule has 2 amide bonds. The van der Waals surface area contributed by atoms with E-state index >= 15 is 0 Å². The van der Waals surface area contributed by atoms with E-state index in [0.29, 0.717) is 5.56 Å². The molecule has 7 nitrogen and oxygen atoms in total. The van der Waals surface area contributed by atoms with Gasteiger partial charge in [-0.2, -0.15) is 0 Å². The highest BCUT2D eigenvalue weighted by atomic mass is 16.5. The Morgan fingerprint density at radius 2 is 1.56 bits per heavy atom. The molecule has 2 unspecified atom stereocenters. The van der Waals surface area contributed by atoms with E-state index in [1.54, 1.807) is 24.3 Å². The van der Waals surface area contributed by atoms with Gasteiger partial charge in [-0.25, -0.2) is 5.48 Å².